The fourth-order valence-electron chi connectivity index (χ4n) is 3.98. The molecule has 2 aromatic heterocycles. The molecule has 11 heteroatoms. The molecule has 1 N–H and O–H groups in total. The van der Waals surface area contributed by atoms with Gasteiger partial charge in [-0.15, -0.1) is 11.3 Å². The Morgan fingerprint density at radius 1 is 0.974 bits per heavy atom. The van der Waals surface area contributed by atoms with Crippen LogP contribution in [0.3, 0.4) is 0 Å². The number of alkyl halides is 3. The molecular weight excluding hydrogens is 533 g/mol. The van der Waals surface area contributed by atoms with Gasteiger partial charge in [0.15, 0.2) is 18.1 Å². The molecule has 0 saturated carbocycles. The molecule has 0 amide bonds. The molecule has 0 spiro atoms. The lowest BCUT2D eigenvalue weighted by atomic mass is 10.0. The third-order valence-electron chi connectivity index (χ3n) is 5.77. The first-order valence-corrected chi connectivity index (χ1v) is 12.5. The number of ether oxygens (including phenoxy) is 2. The van der Waals surface area contributed by atoms with Gasteiger partial charge < -0.3 is 19.0 Å². The standard InChI is InChI=1S/C28H21F3N2O5S/c1-15-11-20(8-10-22(15)37-14-25(34)35)36-13-24-33-26(18-5-9-23-21(12-18)32-16(2)38-23)27(39-24)17-3-6-19(7-4-17)28(29,30)31/h3-12H,13-14H2,1-2H3,(H,34,35). The summed E-state index contributed by atoms with van der Waals surface area (Å²) < 4.78 is 56.2. The van der Waals surface area contributed by atoms with E-state index >= 15 is 0 Å². The van der Waals surface area contributed by atoms with Crippen molar-refractivity contribution < 1.29 is 37.0 Å². The Morgan fingerprint density at radius 2 is 1.72 bits per heavy atom. The summed E-state index contributed by atoms with van der Waals surface area (Å²) in [6, 6.07) is 15.4. The number of thiazole rings is 1. The van der Waals surface area contributed by atoms with Gasteiger partial charge in [-0.05, 0) is 66.6 Å². The summed E-state index contributed by atoms with van der Waals surface area (Å²) in [5.74, 6) is 0.412. The molecule has 0 aliphatic carbocycles. The lowest BCUT2D eigenvalue weighted by Crippen LogP contribution is -2.10. The summed E-state index contributed by atoms with van der Waals surface area (Å²) >= 11 is 1.32. The van der Waals surface area contributed by atoms with E-state index in [1.807, 2.05) is 12.1 Å². The number of carboxylic acid groups (broad SMARTS) is 1. The van der Waals surface area contributed by atoms with Crippen LogP contribution >= 0.6 is 11.3 Å². The van der Waals surface area contributed by atoms with Crippen LogP contribution in [0.25, 0.3) is 32.8 Å². The fraction of sp³-hybridized carbons (Fsp3) is 0.179. The fourth-order valence-corrected chi connectivity index (χ4v) is 4.98. The van der Waals surface area contributed by atoms with Crippen molar-refractivity contribution >= 4 is 28.4 Å². The summed E-state index contributed by atoms with van der Waals surface area (Å²) in [6.45, 7) is 3.18. The number of fused-ring (bicyclic) bond motifs is 1. The Hall–Kier alpha value is -4.38. The predicted molar refractivity (Wildman–Crippen MR) is 139 cm³/mol. The van der Waals surface area contributed by atoms with Gasteiger partial charge in [0.1, 0.15) is 28.6 Å². The average Bonchev–Trinajstić information content (AvgIpc) is 3.48. The second-order valence-corrected chi connectivity index (χ2v) is 9.76. The molecule has 0 atom stereocenters. The molecule has 7 nitrogen and oxygen atoms in total. The second-order valence-electron chi connectivity index (χ2n) is 8.67. The Morgan fingerprint density at radius 3 is 2.41 bits per heavy atom. The third-order valence-corrected chi connectivity index (χ3v) is 6.85. The van der Waals surface area contributed by atoms with Gasteiger partial charge in [-0.3, -0.25) is 0 Å². The zero-order valence-corrected chi connectivity index (χ0v) is 21.5. The van der Waals surface area contributed by atoms with E-state index in [-0.39, 0.29) is 6.61 Å². The van der Waals surface area contributed by atoms with Crippen LogP contribution in [0.15, 0.2) is 65.1 Å². The number of aryl methyl sites for hydroxylation is 2. The molecule has 5 rings (SSSR count). The number of aliphatic carboxylic acids is 1. The van der Waals surface area contributed by atoms with Gasteiger partial charge in [-0.1, -0.05) is 12.1 Å². The average molecular weight is 555 g/mol. The predicted octanol–water partition coefficient (Wildman–Crippen LogP) is 7.30. The number of rotatable bonds is 8. The highest BCUT2D eigenvalue weighted by Crippen LogP contribution is 2.39. The molecule has 200 valence electrons. The molecule has 0 bridgehead atoms. The number of hydrogen-bond acceptors (Lipinski definition) is 7. The Labute approximate surface area is 224 Å². The van der Waals surface area contributed by atoms with Crippen LogP contribution in [0.4, 0.5) is 13.2 Å². The van der Waals surface area contributed by atoms with Crippen LogP contribution < -0.4 is 9.47 Å². The minimum absolute atomic E-state index is 0.110. The number of halogens is 3. The smallest absolute Gasteiger partial charge is 0.416 e. The Balaban J connectivity index is 1.45. The molecule has 0 aliphatic rings. The van der Waals surface area contributed by atoms with Crippen LogP contribution in [-0.4, -0.2) is 27.7 Å². The maximum absolute atomic E-state index is 13.1. The van der Waals surface area contributed by atoms with Crippen LogP contribution in [0, 0.1) is 13.8 Å². The van der Waals surface area contributed by atoms with Crippen molar-refractivity contribution in [3.63, 3.8) is 0 Å². The number of oxazole rings is 1. The molecule has 0 aliphatic heterocycles. The molecule has 0 unspecified atom stereocenters. The highest BCUT2D eigenvalue weighted by Gasteiger charge is 2.30. The monoisotopic (exact) mass is 554 g/mol. The molecule has 3 aromatic carbocycles. The Kier molecular flexibility index (Phi) is 7.00. The van der Waals surface area contributed by atoms with E-state index in [9.17, 15) is 18.0 Å². The lowest BCUT2D eigenvalue weighted by Gasteiger charge is -2.09. The minimum Gasteiger partial charge on any atom is -0.486 e. The molecule has 0 saturated heterocycles. The van der Waals surface area contributed by atoms with Gasteiger partial charge in [0.05, 0.1) is 16.1 Å². The summed E-state index contributed by atoms with van der Waals surface area (Å²) in [6.07, 6.45) is -4.43. The second kappa shape index (κ2) is 10.4. The van der Waals surface area contributed by atoms with E-state index < -0.39 is 24.3 Å². The van der Waals surface area contributed by atoms with Gasteiger partial charge in [0, 0.05) is 12.5 Å². The van der Waals surface area contributed by atoms with Gasteiger partial charge in [0.2, 0.25) is 0 Å². The number of aromatic nitrogens is 2. The van der Waals surface area contributed by atoms with E-state index in [2.05, 4.69) is 4.98 Å². The van der Waals surface area contributed by atoms with E-state index in [1.165, 1.54) is 23.5 Å². The highest BCUT2D eigenvalue weighted by molar-refractivity contribution is 7.15. The van der Waals surface area contributed by atoms with Crippen molar-refractivity contribution in [1.82, 2.24) is 9.97 Å². The zero-order chi connectivity index (χ0) is 27.7. The van der Waals surface area contributed by atoms with Crippen molar-refractivity contribution in [3.05, 3.63) is 82.7 Å². The van der Waals surface area contributed by atoms with Crippen molar-refractivity contribution in [2.45, 2.75) is 26.6 Å². The van der Waals surface area contributed by atoms with Crippen molar-refractivity contribution in [3.8, 4) is 33.2 Å². The minimum atomic E-state index is -4.43. The summed E-state index contributed by atoms with van der Waals surface area (Å²) in [7, 11) is 0. The van der Waals surface area contributed by atoms with Gasteiger partial charge in [0.25, 0.3) is 0 Å². The summed E-state index contributed by atoms with van der Waals surface area (Å²) in [5, 5.41) is 9.42. The molecular formula is C28H21F3N2O5S. The molecule has 5 aromatic rings. The van der Waals surface area contributed by atoms with E-state index in [0.717, 1.165) is 17.7 Å². The van der Waals surface area contributed by atoms with Gasteiger partial charge in [-0.2, -0.15) is 13.2 Å². The topological polar surface area (TPSA) is 94.7 Å². The van der Waals surface area contributed by atoms with Crippen LogP contribution in [0.2, 0.25) is 0 Å². The summed E-state index contributed by atoms with van der Waals surface area (Å²) in [5.41, 5.74) is 3.17. The molecule has 0 radical (unpaired) electrons. The van der Waals surface area contributed by atoms with Gasteiger partial charge in [-0.25, -0.2) is 14.8 Å². The van der Waals surface area contributed by atoms with Crippen molar-refractivity contribution in [1.29, 1.82) is 0 Å². The number of carbonyl (C=O) groups is 1. The third kappa shape index (κ3) is 5.88. The number of carboxylic acids is 1. The first-order chi connectivity index (χ1) is 18.6. The normalized spacial score (nSPS) is 11.6. The maximum Gasteiger partial charge on any atom is 0.416 e. The largest absolute Gasteiger partial charge is 0.486 e. The van der Waals surface area contributed by atoms with Crippen LogP contribution in [0.5, 0.6) is 11.5 Å². The van der Waals surface area contributed by atoms with E-state index in [1.54, 1.807) is 38.1 Å². The zero-order valence-electron chi connectivity index (χ0n) is 20.7. The molecule has 0 fully saturated rings. The maximum atomic E-state index is 13.1. The molecule has 39 heavy (non-hydrogen) atoms. The van der Waals surface area contributed by atoms with E-state index in [0.29, 0.717) is 55.2 Å². The van der Waals surface area contributed by atoms with Crippen LogP contribution in [0.1, 0.15) is 22.0 Å². The highest BCUT2D eigenvalue weighted by atomic mass is 32.1. The molecule has 2 heterocycles. The van der Waals surface area contributed by atoms with Crippen molar-refractivity contribution in [2.24, 2.45) is 0 Å². The number of benzene rings is 3. The summed E-state index contributed by atoms with van der Waals surface area (Å²) in [4.78, 5) is 20.6. The lowest BCUT2D eigenvalue weighted by molar-refractivity contribution is -0.139. The number of hydrogen-bond donors (Lipinski definition) is 1. The van der Waals surface area contributed by atoms with Crippen LogP contribution in [-0.2, 0) is 17.6 Å². The van der Waals surface area contributed by atoms with Gasteiger partial charge >= 0.3 is 12.1 Å². The first-order valence-electron chi connectivity index (χ1n) is 11.7. The van der Waals surface area contributed by atoms with E-state index in [4.69, 9.17) is 24.0 Å². The first kappa shape index (κ1) is 26.2. The number of nitrogens with zero attached hydrogens (tertiary/aromatic N) is 2. The quantitative estimate of drug-likeness (QED) is 0.215. The SMILES string of the molecule is Cc1nc2cc(-c3nc(COc4ccc(OCC(=O)O)c(C)c4)sc3-c3ccc(C(F)(F)F)cc3)ccc2o1. The van der Waals surface area contributed by atoms with Crippen molar-refractivity contribution in [2.75, 3.05) is 6.61 Å². The Bertz CT molecular complexity index is 1660.